The molecule has 0 bridgehead atoms. The van der Waals surface area contributed by atoms with Crippen molar-refractivity contribution in [3.05, 3.63) is 35.4 Å². The maximum atomic E-state index is 10.9. The number of ether oxygens (including phenoxy) is 1. The van der Waals surface area contributed by atoms with Crippen molar-refractivity contribution in [1.82, 2.24) is 5.32 Å². The van der Waals surface area contributed by atoms with Gasteiger partial charge in [0, 0.05) is 6.54 Å². The van der Waals surface area contributed by atoms with Gasteiger partial charge < -0.3 is 10.1 Å². The van der Waals surface area contributed by atoms with Gasteiger partial charge >= 0.3 is 6.09 Å². The molecule has 0 aliphatic rings. The SMILES string of the molecule is CC.COC(=O)NCc1cccc(C(C)C)c1. The molecule has 3 heteroatoms. The van der Waals surface area contributed by atoms with Gasteiger partial charge in [0.15, 0.2) is 0 Å². The van der Waals surface area contributed by atoms with Gasteiger partial charge in [0.1, 0.15) is 0 Å². The highest BCUT2D eigenvalue weighted by Crippen LogP contribution is 2.15. The van der Waals surface area contributed by atoms with E-state index in [2.05, 4.69) is 36.0 Å². The van der Waals surface area contributed by atoms with E-state index in [0.717, 1.165) is 5.56 Å². The lowest BCUT2D eigenvalue weighted by atomic mass is 10.0. The molecule has 0 aromatic heterocycles. The number of nitrogens with one attached hydrogen (secondary N) is 1. The van der Waals surface area contributed by atoms with Gasteiger partial charge in [-0.2, -0.15) is 0 Å². The third-order valence-electron chi connectivity index (χ3n) is 2.24. The predicted octanol–water partition coefficient (Wildman–Crippen LogP) is 3.69. The Labute approximate surface area is 104 Å². The largest absolute Gasteiger partial charge is 0.453 e. The monoisotopic (exact) mass is 237 g/mol. The molecule has 1 N–H and O–H groups in total. The number of carbonyl (C=O) groups is 1. The van der Waals surface area contributed by atoms with Crippen LogP contribution in [0.3, 0.4) is 0 Å². The van der Waals surface area contributed by atoms with E-state index < -0.39 is 6.09 Å². The number of hydrogen-bond donors (Lipinski definition) is 1. The Kier molecular flexibility index (Phi) is 7.85. The number of amides is 1. The number of benzene rings is 1. The summed E-state index contributed by atoms with van der Waals surface area (Å²) in [7, 11) is 1.36. The van der Waals surface area contributed by atoms with Crippen LogP contribution < -0.4 is 5.32 Å². The first-order valence-electron chi connectivity index (χ1n) is 6.04. The average Bonchev–Trinajstić information content (AvgIpc) is 2.38. The van der Waals surface area contributed by atoms with Crippen LogP contribution in [0.1, 0.15) is 44.7 Å². The van der Waals surface area contributed by atoms with Crippen LogP contribution in [0.2, 0.25) is 0 Å². The standard InChI is InChI=1S/C12H17NO2.C2H6/c1-9(2)11-6-4-5-10(7-11)8-13-12(14)15-3;1-2/h4-7,9H,8H2,1-3H3,(H,13,14);1-2H3. The summed E-state index contributed by atoms with van der Waals surface area (Å²) in [6, 6.07) is 8.18. The summed E-state index contributed by atoms with van der Waals surface area (Å²) < 4.78 is 4.50. The van der Waals surface area contributed by atoms with E-state index in [-0.39, 0.29) is 0 Å². The zero-order chi connectivity index (χ0) is 13.3. The molecule has 0 unspecified atom stereocenters. The van der Waals surface area contributed by atoms with Crippen molar-refractivity contribution in [2.24, 2.45) is 0 Å². The fourth-order valence-electron chi connectivity index (χ4n) is 1.31. The van der Waals surface area contributed by atoms with Crippen LogP contribution >= 0.6 is 0 Å². The smallest absolute Gasteiger partial charge is 0.407 e. The summed E-state index contributed by atoms with van der Waals surface area (Å²) in [6.07, 6.45) is -0.398. The topological polar surface area (TPSA) is 38.3 Å². The molecule has 0 fully saturated rings. The van der Waals surface area contributed by atoms with Crippen LogP contribution in [-0.2, 0) is 11.3 Å². The van der Waals surface area contributed by atoms with Gasteiger partial charge in [-0.15, -0.1) is 0 Å². The Morgan fingerprint density at radius 3 is 2.53 bits per heavy atom. The quantitative estimate of drug-likeness (QED) is 0.870. The molecule has 0 saturated heterocycles. The Hall–Kier alpha value is -1.51. The summed E-state index contributed by atoms with van der Waals surface area (Å²) in [5.74, 6) is 0.503. The van der Waals surface area contributed by atoms with E-state index in [0.29, 0.717) is 12.5 Å². The normalized spacial score (nSPS) is 9.29. The van der Waals surface area contributed by atoms with Gasteiger partial charge in [-0.05, 0) is 17.0 Å². The molecule has 0 aliphatic heterocycles. The van der Waals surface area contributed by atoms with E-state index in [4.69, 9.17) is 0 Å². The van der Waals surface area contributed by atoms with E-state index in [1.165, 1.54) is 12.7 Å². The van der Waals surface area contributed by atoms with Gasteiger partial charge in [-0.3, -0.25) is 0 Å². The Morgan fingerprint density at radius 1 is 1.35 bits per heavy atom. The lowest BCUT2D eigenvalue weighted by molar-refractivity contribution is 0.170. The molecule has 0 atom stereocenters. The molecule has 0 saturated carbocycles. The van der Waals surface area contributed by atoms with E-state index in [1.807, 2.05) is 26.0 Å². The van der Waals surface area contributed by atoms with Crippen LogP contribution in [-0.4, -0.2) is 13.2 Å². The average molecular weight is 237 g/mol. The van der Waals surface area contributed by atoms with Crippen LogP contribution in [0.25, 0.3) is 0 Å². The fourth-order valence-corrected chi connectivity index (χ4v) is 1.31. The molecular weight excluding hydrogens is 214 g/mol. The molecule has 96 valence electrons. The molecule has 0 spiro atoms. The molecule has 1 aromatic carbocycles. The van der Waals surface area contributed by atoms with E-state index >= 15 is 0 Å². The lowest BCUT2D eigenvalue weighted by Gasteiger charge is -2.08. The number of carbonyl (C=O) groups excluding carboxylic acids is 1. The van der Waals surface area contributed by atoms with Crippen LogP contribution in [0.15, 0.2) is 24.3 Å². The zero-order valence-corrected chi connectivity index (χ0v) is 11.4. The number of methoxy groups -OCH3 is 1. The minimum Gasteiger partial charge on any atom is -0.453 e. The van der Waals surface area contributed by atoms with Crippen molar-refractivity contribution >= 4 is 6.09 Å². The van der Waals surface area contributed by atoms with Gasteiger partial charge in [0.2, 0.25) is 0 Å². The fraction of sp³-hybridized carbons (Fsp3) is 0.500. The van der Waals surface area contributed by atoms with E-state index in [9.17, 15) is 4.79 Å². The maximum absolute atomic E-state index is 10.9. The number of rotatable bonds is 3. The van der Waals surface area contributed by atoms with Gasteiger partial charge in [0.25, 0.3) is 0 Å². The van der Waals surface area contributed by atoms with E-state index in [1.54, 1.807) is 0 Å². The summed E-state index contributed by atoms with van der Waals surface area (Å²) in [5, 5.41) is 2.65. The summed E-state index contributed by atoms with van der Waals surface area (Å²) in [6.45, 7) is 8.80. The van der Waals surface area contributed by atoms with Crippen LogP contribution in [0.5, 0.6) is 0 Å². The van der Waals surface area contributed by atoms with Crippen molar-refractivity contribution in [3.8, 4) is 0 Å². The minimum absolute atomic E-state index is 0.398. The summed E-state index contributed by atoms with van der Waals surface area (Å²) in [4.78, 5) is 10.9. The van der Waals surface area contributed by atoms with Crippen LogP contribution in [0.4, 0.5) is 4.79 Å². The minimum atomic E-state index is -0.398. The van der Waals surface area contributed by atoms with Gasteiger partial charge in [-0.25, -0.2) is 4.79 Å². The zero-order valence-electron chi connectivity index (χ0n) is 11.4. The first-order chi connectivity index (χ1) is 8.13. The highest BCUT2D eigenvalue weighted by Gasteiger charge is 2.02. The Morgan fingerprint density at radius 2 is 2.00 bits per heavy atom. The second-order valence-corrected chi connectivity index (χ2v) is 3.74. The molecule has 1 rings (SSSR count). The maximum Gasteiger partial charge on any atom is 0.407 e. The number of hydrogen-bond acceptors (Lipinski definition) is 2. The molecule has 17 heavy (non-hydrogen) atoms. The molecule has 1 amide bonds. The molecule has 0 aliphatic carbocycles. The lowest BCUT2D eigenvalue weighted by Crippen LogP contribution is -2.22. The first kappa shape index (κ1) is 15.5. The third kappa shape index (κ3) is 5.95. The molecule has 0 radical (unpaired) electrons. The third-order valence-corrected chi connectivity index (χ3v) is 2.24. The summed E-state index contributed by atoms with van der Waals surface area (Å²) >= 11 is 0. The predicted molar refractivity (Wildman–Crippen MR) is 71.1 cm³/mol. The second-order valence-electron chi connectivity index (χ2n) is 3.74. The molecule has 3 nitrogen and oxygen atoms in total. The highest BCUT2D eigenvalue weighted by molar-refractivity contribution is 5.66. The van der Waals surface area contributed by atoms with Crippen molar-refractivity contribution in [3.63, 3.8) is 0 Å². The van der Waals surface area contributed by atoms with Crippen molar-refractivity contribution in [1.29, 1.82) is 0 Å². The highest BCUT2D eigenvalue weighted by atomic mass is 16.5. The molecule has 1 aromatic rings. The van der Waals surface area contributed by atoms with Crippen LogP contribution in [0, 0.1) is 0 Å². The van der Waals surface area contributed by atoms with Crippen molar-refractivity contribution in [2.75, 3.05) is 7.11 Å². The van der Waals surface area contributed by atoms with Gasteiger partial charge in [-0.1, -0.05) is 52.0 Å². The molecule has 0 heterocycles. The first-order valence-corrected chi connectivity index (χ1v) is 6.04. The summed E-state index contributed by atoms with van der Waals surface area (Å²) in [5.41, 5.74) is 2.37. The Bertz CT molecular complexity index is 335. The van der Waals surface area contributed by atoms with Crippen molar-refractivity contribution in [2.45, 2.75) is 40.2 Å². The molecular formula is C14H23NO2. The van der Waals surface area contributed by atoms with Gasteiger partial charge in [0.05, 0.1) is 7.11 Å². The van der Waals surface area contributed by atoms with Crippen molar-refractivity contribution < 1.29 is 9.53 Å². The second kappa shape index (κ2) is 8.62. The number of alkyl carbamates (subject to hydrolysis) is 1. The Balaban J connectivity index is 0.00000121.